The van der Waals surface area contributed by atoms with E-state index in [9.17, 15) is 13.6 Å². The van der Waals surface area contributed by atoms with Crippen molar-refractivity contribution in [1.29, 1.82) is 0 Å². The first-order valence-corrected chi connectivity index (χ1v) is 5.26. The normalized spacial score (nSPS) is 9.78. The molecular formula is C12H12F2N2O2. The fourth-order valence-electron chi connectivity index (χ4n) is 1.15. The van der Waals surface area contributed by atoms with Gasteiger partial charge in [0.05, 0.1) is 18.7 Å². The molecule has 0 aliphatic carbocycles. The molecule has 0 fully saturated rings. The van der Waals surface area contributed by atoms with E-state index in [0.717, 1.165) is 0 Å². The molecule has 0 atom stereocenters. The van der Waals surface area contributed by atoms with Crippen molar-refractivity contribution in [1.82, 2.24) is 10.3 Å². The van der Waals surface area contributed by atoms with Crippen LogP contribution in [0.2, 0.25) is 0 Å². The van der Waals surface area contributed by atoms with Crippen molar-refractivity contribution in [3.05, 3.63) is 29.6 Å². The highest BCUT2D eigenvalue weighted by molar-refractivity contribution is 5.94. The minimum absolute atomic E-state index is 0.00332. The van der Waals surface area contributed by atoms with E-state index >= 15 is 0 Å². The van der Waals surface area contributed by atoms with Gasteiger partial charge in [-0.05, 0) is 12.1 Å². The Morgan fingerprint density at radius 3 is 3.00 bits per heavy atom. The first kappa shape index (κ1) is 14.1. The minimum Gasteiger partial charge on any atom is -0.395 e. The Morgan fingerprint density at radius 1 is 1.56 bits per heavy atom. The summed E-state index contributed by atoms with van der Waals surface area (Å²) < 4.78 is 23.9. The quantitative estimate of drug-likeness (QED) is 0.782. The number of amides is 1. The molecule has 1 aromatic rings. The Balaban J connectivity index is 2.82. The van der Waals surface area contributed by atoms with Crippen LogP contribution in [0.25, 0.3) is 0 Å². The van der Waals surface area contributed by atoms with Crippen LogP contribution in [0.1, 0.15) is 22.5 Å². The number of aliphatic hydroxyl groups excluding tert-OH is 1. The van der Waals surface area contributed by atoms with Gasteiger partial charge in [-0.1, -0.05) is 11.8 Å². The van der Waals surface area contributed by atoms with Gasteiger partial charge in [-0.15, -0.1) is 0 Å². The average Bonchev–Trinajstić information content (AvgIpc) is 2.37. The number of pyridine rings is 1. The van der Waals surface area contributed by atoms with E-state index in [0.29, 0.717) is 5.56 Å². The van der Waals surface area contributed by atoms with Crippen molar-refractivity contribution in [3.63, 3.8) is 0 Å². The van der Waals surface area contributed by atoms with Crippen molar-refractivity contribution in [3.8, 4) is 11.8 Å². The van der Waals surface area contributed by atoms with Gasteiger partial charge in [0.25, 0.3) is 12.3 Å². The van der Waals surface area contributed by atoms with Gasteiger partial charge in [0, 0.05) is 12.6 Å². The van der Waals surface area contributed by atoms with Crippen molar-refractivity contribution in [2.45, 2.75) is 12.8 Å². The van der Waals surface area contributed by atoms with E-state index in [1.165, 1.54) is 6.20 Å². The number of carbonyl (C=O) groups is 1. The molecule has 0 saturated heterocycles. The van der Waals surface area contributed by atoms with Crippen LogP contribution in [-0.2, 0) is 0 Å². The van der Waals surface area contributed by atoms with Crippen LogP contribution in [0.3, 0.4) is 0 Å². The van der Waals surface area contributed by atoms with Crippen LogP contribution in [0.5, 0.6) is 0 Å². The molecule has 0 aliphatic heterocycles. The van der Waals surface area contributed by atoms with Gasteiger partial charge in [-0.25, -0.2) is 13.8 Å². The number of aliphatic hydroxyl groups is 1. The van der Waals surface area contributed by atoms with Crippen molar-refractivity contribution in [2.24, 2.45) is 0 Å². The first-order valence-electron chi connectivity index (χ1n) is 5.26. The third kappa shape index (κ3) is 4.47. The molecule has 0 saturated carbocycles. The van der Waals surface area contributed by atoms with Gasteiger partial charge in [0.1, 0.15) is 5.69 Å². The molecule has 1 heterocycles. The summed E-state index contributed by atoms with van der Waals surface area (Å²) in [5, 5.41) is 10.6. The van der Waals surface area contributed by atoms with E-state index in [1.807, 2.05) is 0 Å². The maximum absolute atomic E-state index is 12.0. The summed E-state index contributed by atoms with van der Waals surface area (Å²) in [6.45, 7) is -0.806. The molecule has 18 heavy (non-hydrogen) atoms. The summed E-state index contributed by atoms with van der Waals surface area (Å²) in [6.07, 6.45) is -0.955. The average molecular weight is 254 g/mol. The summed E-state index contributed by atoms with van der Waals surface area (Å²) in [5.74, 6) is 4.61. The Bertz CT molecular complexity index is 467. The Hall–Kier alpha value is -2.00. The molecule has 1 amide bonds. The van der Waals surface area contributed by atoms with Crippen LogP contribution in [0, 0.1) is 11.8 Å². The second-order valence-corrected chi connectivity index (χ2v) is 3.28. The van der Waals surface area contributed by atoms with Gasteiger partial charge < -0.3 is 10.4 Å². The highest BCUT2D eigenvalue weighted by Gasteiger charge is 2.13. The summed E-state index contributed by atoms with van der Waals surface area (Å²) in [4.78, 5) is 15.4. The highest BCUT2D eigenvalue weighted by atomic mass is 19.3. The lowest BCUT2D eigenvalue weighted by Gasteiger charge is -2.05. The largest absolute Gasteiger partial charge is 0.395 e. The molecule has 96 valence electrons. The number of rotatable bonds is 4. The van der Waals surface area contributed by atoms with Gasteiger partial charge in [-0.3, -0.25) is 4.79 Å². The smallest absolute Gasteiger partial charge is 0.271 e. The van der Waals surface area contributed by atoms with Crippen molar-refractivity contribution in [2.75, 3.05) is 13.2 Å². The van der Waals surface area contributed by atoms with Crippen LogP contribution in [-0.4, -0.2) is 35.6 Å². The maximum Gasteiger partial charge on any atom is 0.271 e. The molecule has 0 spiro atoms. The second-order valence-electron chi connectivity index (χ2n) is 3.28. The monoisotopic (exact) mass is 254 g/mol. The number of aromatic nitrogens is 1. The first-order chi connectivity index (χ1) is 8.65. The molecular weight excluding hydrogens is 242 g/mol. The summed E-state index contributed by atoms with van der Waals surface area (Å²) >= 11 is 0. The number of hydrogen-bond donors (Lipinski definition) is 2. The zero-order chi connectivity index (χ0) is 13.4. The van der Waals surface area contributed by atoms with Crippen LogP contribution in [0.15, 0.2) is 18.3 Å². The maximum atomic E-state index is 12.0. The molecule has 6 heteroatoms. The second kappa shape index (κ2) is 7.35. The van der Waals surface area contributed by atoms with E-state index in [-0.39, 0.29) is 18.7 Å². The lowest BCUT2D eigenvalue weighted by atomic mass is 10.2. The van der Waals surface area contributed by atoms with Crippen molar-refractivity contribution >= 4 is 5.91 Å². The van der Waals surface area contributed by atoms with E-state index in [4.69, 9.17) is 5.11 Å². The van der Waals surface area contributed by atoms with Crippen LogP contribution in [0.4, 0.5) is 8.78 Å². The number of nitrogens with one attached hydrogen (secondary N) is 1. The topological polar surface area (TPSA) is 62.2 Å². The lowest BCUT2D eigenvalue weighted by Crippen LogP contribution is -2.29. The Morgan fingerprint density at radius 2 is 2.33 bits per heavy atom. The molecule has 0 radical (unpaired) electrons. The van der Waals surface area contributed by atoms with E-state index in [1.54, 1.807) is 12.1 Å². The summed E-state index contributed by atoms with van der Waals surface area (Å²) in [7, 11) is 0. The zero-order valence-electron chi connectivity index (χ0n) is 9.49. The molecule has 0 unspecified atom stereocenters. The van der Waals surface area contributed by atoms with Crippen molar-refractivity contribution < 1.29 is 18.7 Å². The van der Waals surface area contributed by atoms with Crippen LogP contribution >= 0.6 is 0 Å². The zero-order valence-corrected chi connectivity index (χ0v) is 9.49. The molecule has 1 aromatic heterocycles. The molecule has 0 aromatic carbocycles. The molecule has 0 aliphatic rings. The van der Waals surface area contributed by atoms with Gasteiger partial charge >= 0.3 is 0 Å². The fourth-order valence-corrected chi connectivity index (χ4v) is 1.15. The van der Waals surface area contributed by atoms with Crippen LogP contribution < -0.4 is 5.32 Å². The molecule has 2 N–H and O–H groups in total. The third-order valence-corrected chi connectivity index (χ3v) is 1.90. The predicted octanol–water partition coefficient (Wildman–Crippen LogP) is 0.810. The van der Waals surface area contributed by atoms with Gasteiger partial charge in [-0.2, -0.15) is 0 Å². The lowest BCUT2D eigenvalue weighted by molar-refractivity contribution is 0.0886. The number of hydrogen-bond acceptors (Lipinski definition) is 3. The minimum atomic E-state index is -2.61. The summed E-state index contributed by atoms with van der Waals surface area (Å²) in [6, 6.07) is 3.15. The standard InChI is InChI=1S/C12H12F2N2O2/c13-10(14)8-16-12(18)11-9(4-1-2-7-17)5-3-6-15-11/h3,5-6,10,17H,2,7-8H2,(H,16,18). The van der Waals surface area contributed by atoms with E-state index < -0.39 is 18.9 Å². The van der Waals surface area contributed by atoms with Gasteiger partial charge in [0.15, 0.2) is 0 Å². The number of nitrogens with zero attached hydrogens (tertiary/aromatic N) is 1. The fraction of sp³-hybridized carbons (Fsp3) is 0.333. The third-order valence-electron chi connectivity index (χ3n) is 1.90. The number of carbonyl (C=O) groups excluding carboxylic acids is 1. The van der Waals surface area contributed by atoms with E-state index in [2.05, 4.69) is 22.1 Å². The summed E-state index contributed by atoms with van der Waals surface area (Å²) in [5.41, 5.74) is 0.348. The highest BCUT2D eigenvalue weighted by Crippen LogP contribution is 2.04. The molecule has 1 rings (SSSR count). The number of halogens is 2. The Kier molecular flexibility index (Phi) is 5.74. The SMILES string of the molecule is O=C(NCC(F)F)c1ncccc1C#CCCO. The van der Waals surface area contributed by atoms with Gasteiger partial charge in [0.2, 0.25) is 0 Å². The molecule has 0 bridgehead atoms. The number of alkyl halides is 2. The predicted molar refractivity (Wildman–Crippen MR) is 61.2 cm³/mol. The molecule has 4 nitrogen and oxygen atoms in total. The Labute approximate surface area is 103 Å².